The van der Waals surface area contributed by atoms with Crippen LogP contribution >= 0.6 is 0 Å². The van der Waals surface area contributed by atoms with Gasteiger partial charge in [0.05, 0.1) is 23.6 Å². The summed E-state index contributed by atoms with van der Waals surface area (Å²) in [5.41, 5.74) is 0.633. The Morgan fingerprint density at radius 3 is 2.50 bits per heavy atom. The molecule has 8 heteroatoms. The van der Waals surface area contributed by atoms with Crippen LogP contribution in [-0.2, 0) is 0 Å². The molecule has 0 amide bonds. The fourth-order valence-corrected chi connectivity index (χ4v) is 2.18. The Hall–Kier alpha value is -3.16. The van der Waals surface area contributed by atoms with Gasteiger partial charge >= 0.3 is 0 Å². The quantitative estimate of drug-likeness (QED) is 0.695. The highest BCUT2D eigenvalue weighted by molar-refractivity contribution is 5.61. The lowest BCUT2D eigenvalue weighted by molar-refractivity contribution is 0.622. The van der Waals surface area contributed by atoms with Crippen molar-refractivity contribution in [3.8, 4) is 11.4 Å². The summed E-state index contributed by atoms with van der Waals surface area (Å²) in [5.74, 6) is 0.0860. The molecule has 0 aliphatic heterocycles. The second-order valence-corrected chi connectivity index (χ2v) is 6.08. The minimum absolute atomic E-state index is 0.164. The maximum atomic E-state index is 14.1. The second kappa shape index (κ2) is 7.81. The van der Waals surface area contributed by atoms with Crippen molar-refractivity contribution in [1.82, 2.24) is 19.9 Å². The molecule has 0 spiro atoms. The van der Waals surface area contributed by atoms with E-state index in [1.807, 2.05) is 13.8 Å². The van der Waals surface area contributed by atoms with Gasteiger partial charge in [0.2, 0.25) is 11.9 Å². The highest BCUT2D eigenvalue weighted by atomic mass is 19.1. The zero-order valence-corrected chi connectivity index (χ0v) is 14.4. The third-order valence-electron chi connectivity index (χ3n) is 3.38. The molecular weight excluding hydrogens is 338 g/mol. The van der Waals surface area contributed by atoms with Crippen molar-refractivity contribution >= 4 is 17.6 Å². The van der Waals surface area contributed by atoms with Crippen LogP contribution in [0.25, 0.3) is 11.4 Å². The Balaban J connectivity index is 1.98. The van der Waals surface area contributed by atoms with Crippen LogP contribution in [-0.4, -0.2) is 26.5 Å². The predicted molar refractivity (Wildman–Crippen MR) is 96.0 cm³/mol. The van der Waals surface area contributed by atoms with Crippen LogP contribution in [0.15, 0.2) is 42.7 Å². The van der Waals surface area contributed by atoms with E-state index in [0.29, 0.717) is 24.1 Å². The number of pyridine rings is 1. The smallest absolute Gasteiger partial charge is 0.232 e. The summed E-state index contributed by atoms with van der Waals surface area (Å²) < 4.78 is 27.5. The standard InChI is InChI=1S/C18H18F2N6/c1-11(2)8-22-17-24-16(14-5-3-4-6-15(14)20)25-18(26-17)23-13-7-12(19)9-21-10-13/h3-7,9-11H,8H2,1-2H3,(H2,22,23,24,25,26). The van der Waals surface area contributed by atoms with E-state index in [1.54, 1.807) is 18.2 Å². The molecule has 0 aliphatic rings. The zero-order valence-electron chi connectivity index (χ0n) is 14.4. The van der Waals surface area contributed by atoms with Gasteiger partial charge in [0.25, 0.3) is 0 Å². The molecule has 1 aromatic carbocycles. The molecule has 0 atom stereocenters. The van der Waals surface area contributed by atoms with Gasteiger partial charge in [-0.3, -0.25) is 4.98 Å². The van der Waals surface area contributed by atoms with Gasteiger partial charge in [0, 0.05) is 12.6 Å². The Kier molecular flexibility index (Phi) is 5.31. The lowest BCUT2D eigenvalue weighted by atomic mass is 10.2. The highest BCUT2D eigenvalue weighted by Crippen LogP contribution is 2.22. The van der Waals surface area contributed by atoms with E-state index in [-0.39, 0.29) is 17.3 Å². The lowest BCUT2D eigenvalue weighted by Gasteiger charge is -2.12. The number of halogens is 2. The summed E-state index contributed by atoms with van der Waals surface area (Å²) in [5, 5.41) is 5.97. The Labute approximate surface area is 149 Å². The van der Waals surface area contributed by atoms with Gasteiger partial charge in [-0.05, 0) is 18.1 Å². The molecule has 0 unspecified atom stereocenters. The summed E-state index contributed by atoms with van der Waals surface area (Å²) in [6.07, 6.45) is 2.54. The number of hydrogen-bond donors (Lipinski definition) is 2. The van der Waals surface area contributed by atoms with Gasteiger partial charge in [-0.25, -0.2) is 8.78 Å². The molecule has 0 fully saturated rings. The molecule has 3 rings (SSSR count). The van der Waals surface area contributed by atoms with E-state index in [4.69, 9.17) is 0 Å². The molecule has 2 N–H and O–H groups in total. The molecule has 3 aromatic rings. The van der Waals surface area contributed by atoms with Gasteiger partial charge in [-0.2, -0.15) is 15.0 Å². The second-order valence-electron chi connectivity index (χ2n) is 6.08. The zero-order chi connectivity index (χ0) is 18.5. The number of nitrogens with one attached hydrogen (secondary N) is 2. The maximum Gasteiger partial charge on any atom is 0.232 e. The summed E-state index contributed by atoms with van der Waals surface area (Å²) >= 11 is 0. The predicted octanol–water partition coefficient (Wildman–Crippen LogP) is 4.02. The van der Waals surface area contributed by atoms with Gasteiger partial charge in [-0.1, -0.05) is 26.0 Å². The van der Waals surface area contributed by atoms with Crippen LogP contribution in [0.1, 0.15) is 13.8 Å². The number of nitrogens with zero attached hydrogens (tertiary/aromatic N) is 4. The summed E-state index contributed by atoms with van der Waals surface area (Å²) in [4.78, 5) is 16.6. The molecule has 0 saturated carbocycles. The van der Waals surface area contributed by atoms with E-state index < -0.39 is 11.6 Å². The minimum Gasteiger partial charge on any atom is -0.354 e. The van der Waals surface area contributed by atoms with Crippen molar-refractivity contribution in [2.45, 2.75) is 13.8 Å². The van der Waals surface area contributed by atoms with Crippen molar-refractivity contribution < 1.29 is 8.78 Å². The normalized spacial score (nSPS) is 10.8. The summed E-state index contributed by atoms with van der Waals surface area (Å²) in [6, 6.07) is 7.48. The molecule has 26 heavy (non-hydrogen) atoms. The van der Waals surface area contributed by atoms with Crippen LogP contribution in [0, 0.1) is 17.6 Å². The first-order valence-electron chi connectivity index (χ1n) is 8.13. The molecule has 2 aromatic heterocycles. The first-order chi connectivity index (χ1) is 12.5. The SMILES string of the molecule is CC(C)CNc1nc(Nc2cncc(F)c2)nc(-c2ccccc2F)n1. The molecule has 0 saturated heterocycles. The Morgan fingerprint density at radius 2 is 1.77 bits per heavy atom. The summed E-state index contributed by atoms with van der Waals surface area (Å²) in [6.45, 7) is 4.73. The highest BCUT2D eigenvalue weighted by Gasteiger charge is 2.13. The molecule has 0 radical (unpaired) electrons. The fourth-order valence-electron chi connectivity index (χ4n) is 2.18. The molecule has 0 bridgehead atoms. The summed E-state index contributed by atoms with van der Waals surface area (Å²) in [7, 11) is 0. The lowest BCUT2D eigenvalue weighted by Crippen LogP contribution is -2.13. The van der Waals surface area contributed by atoms with E-state index in [2.05, 4.69) is 30.6 Å². The van der Waals surface area contributed by atoms with Crippen molar-refractivity contribution in [1.29, 1.82) is 0 Å². The maximum absolute atomic E-state index is 14.1. The van der Waals surface area contributed by atoms with Gasteiger partial charge in [0.15, 0.2) is 5.82 Å². The van der Waals surface area contributed by atoms with Gasteiger partial charge in [-0.15, -0.1) is 0 Å². The van der Waals surface area contributed by atoms with Crippen LogP contribution in [0.4, 0.5) is 26.4 Å². The third-order valence-corrected chi connectivity index (χ3v) is 3.38. The topological polar surface area (TPSA) is 75.6 Å². The molecule has 2 heterocycles. The number of rotatable bonds is 6. The van der Waals surface area contributed by atoms with E-state index >= 15 is 0 Å². The number of anilines is 3. The largest absolute Gasteiger partial charge is 0.354 e. The van der Waals surface area contributed by atoms with E-state index in [0.717, 1.165) is 6.20 Å². The van der Waals surface area contributed by atoms with Crippen LogP contribution in [0.5, 0.6) is 0 Å². The van der Waals surface area contributed by atoms with Crippen LogP contribution in [0.3, 0.4) is 0 Å². The molecule has 0 aliphatic carbocycles. The number of benzene rings is 1. The van der Waals surface area contributed by atoms with Gasteiger partial charge < -0.3 is 10.6 Å². The Bertz CT molecular complexity index is 900. The van der Waals surface area contributed by atoms with E-state index in [1.165, 1.54) is 18.3 Å². The van der Waals surface area contributed by atoms with Crippen molar-refractivity contribution in [2.24, 2.45) is 5.92 Å². The van der Waals surface area contributed by atoms with Crippen LogP contribution in [0.2, 0.25) is 0 Å². The van der Waals surface area contributed by atoms with E-state index in [9.17, 15) is 8.78 Å². The molecule has 134 valence electrons. The van der Waals surface area contributed by atoms with Crippen molar-refractivity contribution in [2.75, 3.05) is 17.2 Å². The number of aromatic nitrogens is 4. The Morgan fingerprint density at radius 1 is 1.00 bits per heavy atom. The van der Waals surface area contributed by atoms with Gasteiger partial charge in [0.1, 0.15) is 11.6 Å². The average molecular weight is 356 g/mol. The van der Waals surface area contributed by atoms with Crippen molar-refractivity contribution in [3.63, 3.8) is 0 Å². The molecule has 6 nitrogen and oxygen atoms in total. The average Bonchev–Trinajstić information content (AvgIpc) is 2.60. The van der Waals surface area contributed by atoms with Crippen molar-refractivity contribution in [3.05, 3.63) is 54.4 Å². The first-order valence-corrected chi connectivity index (χ1v) is 8.13. The monoisotopic (exact) mass is 356 g/mol. The fraction of sp³-hybridized carbons (Fsp3) is 0.222. The minimum atomic E-state index is -0.489. The third kappa shape index (κ3) is 4.47. The molecular formula is C18H18F2N6. The van der Waals surface area contributed by atoms with Crippen LogP contribution < -0.4 is 10.6 Å². The number of hydrogen-bond acceptors (Lipinski definition) is 6. The first kappa shape index (κ1) is 17.7.